The van der Waals surface area contributed by atoms with Crippen molar-refractivity contribution in [3.8, 4) is 22.4 Å². The quantitative estimate of drug-likeness (QED) is 0.130. The van der Waals surface area contributed by atoms with Crippen LogP contribution in [0.1, 0.15) is 63.0 Å². The first-order valence-corrected chi connectivity index (χ1v) is 19.2. The van der Waals surface area contributed by atoms with Crippen LogP contribution < -0.4 is 21.3 Å². The lowest BCUT2D eigenvalue weighted by Crippen LogP contribution is -2.51. The Balaban J connectivity index is 1.04. The van der Waals surface area contributed by atoms with Crippen molar-refractivity contribution in [1.82, 2.24) is 35.7 Å². The number of imide groups is 1. The van der Waals surface area contributed by atoms with E-state index in [-0.39, 0.29) is 24.4 Å². The van der Waals surface area contributed by atoms with E-state index in [1.54, 1.807) is 53.6 Å². The molecule has 0 spiro atoms. The predicted octanol–water partition coefficient (Wildman–Crippen LogP) is 5.52. The van der Waals surface area contributed by atoms with Gasteiger partial charge < -0.3 is 40.2 Å². The Bertz CT molecular complexity index is 2110. The Kier molecular flexibility index (Phi) is 13.1. The Hall–Kier alpha value is -6.71. The van der Waals surface area contributed by atoms with Gasteiger partial charge in [-0.2, -0.15) is 0 Å². The van der Waals surface area contributed by atoms with Crippen LogP contribution in [0.3, 0.4) is 0 Å². The van der Waals surface area contributed by atoms with E-state index >= 15 is 0 Å². The van der Waals surface area contributed by atoms with Gasteiger partial charge in [-0.1, -0.05) is 80.6 Å². The van der Waals surface area contributed by atoms with Gasteiger partial charge in [0.15, 0.2) is 0 Å². The molecule has 4 aromatic rings. The second-order valence-electron chi connectivity index (χ2n) is 14.5. The third-order valence-electron chi connectivity index (χ3n) is 10.4. The standard InChI is InChI=1S/C42H48N8O8/c1-25(2)34(46-41(55)57-3)38(52)49-22-8-12-32(49)36-43-24-31(45-36)28-16-14-26(15-17-28)27-18-20-30(21-19-27)44-40(54)48-37(51)33-13-9-23-50(33)39(53)35(47-42(56)58-4)29-10-6-5-7-11-29/h5-7,10-11,14-21,24-25,32-35H,8-9,12-13,22-23H2,1-4H3,(H,43,45)(H,46,55)(H,47,56)(H2,44,48,51,54)/t32-,33-,34-,35+/m0/s1. The van der Waals surface area contributed by atoms with Crippen LogP contribution in [0.4, 0.5) is 20.1 Å². The van der Waals surface area contributed by atoms with Crippen molar-refractivity contribution >= 4 is 41.6 Å². The number of carbonyl (C=O) groups is 6. The van der Waals surface area contributed by atoms with E-state index in [1.165, 1.54) is 19.1 Å². The monoisotopic (exact) mass is 792 g/mol. The number of amides is 7. The average molecular weight is 793 g/mol. The number of urea groups is 1. The molecule has 2 aliphatic heterocycles. The summed E-state index contributed by atoms with van der Waals surface area (Å²) >= 11 is 0. The molecule has 6 rings (SSSR count). The maximum absolute atomic E-state index is 13.6. The van der Waals surface area contributed by atoms with Crippen molar-refractivity contribution in [2.75, 3.05) is 32.6 Å². The molecule has 304 valence electrons. The van der Waals surface area contributed by atoms with Gasteiger partial charge in [0.1, 0.15) is 23.9 Å². The van der Waals surface area contributed by atoms with E-state index < -0.39 is 48.2 Å². The van der Waals surface area contributed by atoms with Crippen LogP contribution in [0.15, 0.2) is 85.1 Å². The number of nitrogens with zero attached hydrogens (tertiary/aromatic N) is 3. The molecule has 16 nitrogen and oxygen atoms in total. The molecular formula is C42H48N8O8. The first-order chi connectivity index (χ1) is 28.0. The molecule has 1 aromatic heterocycles. The number of hydrogen-bond donors (Lipinski definition) is 5. The zero-order valence-electron chi connectivity index (χ0n) is 32.8. The molecule has 0 unspecified atom stereocenters. The number of hydrogen-bond acceptors (Lipinski definition) is 9. The fraction of sp³-hybridized carbons (Fsp3) is 0.357. The first kappa shape index (κ1) is 40.9. The summed E-state index contributed by atoms with van der Waals surface area (Å²) in [6.45, 7) is 4.60. The van der Waals surface area contributed by atoms with Crippen LogP contribution in [0.5, 0.6) is 0 Å². The highest BCUT2D eigenvalue weighted by atomic mass is 16.5. The molecule has 3 aromatic carbocycles. The summed E-state index contributed by atoms with van der Waals surface area (Å²) < 4.78 is 9.45. The number of likely N-dealkylation sites (tertiary alicyclic amines) is 2. The second kappa shape index (κ2) is 18.5. The minimum absolute atomic E-state index is 0.130. The molecule has 7 amide bonds. The van der Waals surface area contributed by atoms with Crippen LogP contribution in [-0.4, -0.2) is 95.1 Å². The van der Waals surface area contributed by atoms with Gasteiger partial charge in [0.2, 0.25) is 5.91 Å². The molecule has 5 N–H and O–H groups in total. The first-order valence-electron chi connectivity index (χ1n) is 19.2. The fourth-order valence-electron chi connectivity index (χ4n) is 7.37. The molecule has 0 saturated carbocycles. The van der Waals surface area contributed by atoms with E-state index in [1.807, 2.05) is 50.2 Å². The fourth-order valence-corrected chi connectivity index (χ4v) is 7.37. The molecular weight excluding hydrogens is 745 g/mol. The molecule has 2 saturated heterocycles. The van der Waals surface area contributed by atoms with Gasteiger partial charge in [-0.3, -0.25) is 19.7 Å². The Morgan fingerprint density at radius 3 is 2.00 bits per heavy atom. The molecule has 2 fully saturated rings. The summed E-state index contributed by atoms with van der Waals surface area (Å²) in [5.74, 6) is -0.734. The Morgan fingerprint density at radius 2 is 1.34 bits per heavy atom. The van der Waals surface area contributed by atoms with Gasteiger partial charge in [0, 0.05) is 18.8 Å². The van der Waals surface area contributed by atoms with Crippen molar-refractivity contribution < 1.29 is 38.2 Å². The van der Waals surface area contributed by atoms with Gasteiger partial charge >= 0.3 is 18.2 Å². The average Bonchev–Trinajstić information content (AvgIpc) is 4.04. The minimum atomic E-state index is -1.07. The van der Waals surface area contributed by atoms with E-state index in [0.717, 1.165) is 35.2 Å². The number of ether oxygens (including phenoxy) is 2. The number of nitrogens with one attached hydrogen (secondary N) is 5. The summed E-state index contributed by atoms with van der Waals surface area (Å²) in [6.07, 6.45) is 2.79. The summed E-state index contributed by atoms with van der Waals surface area (Å²) in [5.41, 5.74) is 4.52. The van der Waals surface area contributed by atoms with Crippen molar-refractivity contribution in [1.29, 1.82) is 0 Å². The lowest BCUT2D eigenvalue weighted by molar-refractivity contribution is -0.139. The molecule has 3 heterocycles. The highest BCUT2D eigenvalue weighted by Gasteiger charge is 2.40. The van der Waals surface area contributed by atoms with Gasteiger partial charge in [0.05, 0.1) is 32.2 Å². The molecule has 0 aliphatic carbocycles. The van der Waals surface area contributed by atoms with Crippen molar-refractivity contribution in [2.24, 2.45) is 5.92 Å². The number of aromatic nitrogens is 2. The number of benzene rings is 3. The molecule has 0 bridgehead atoms. The topological polar surface area (TPSA) is 204 Å². The van der Waals surface area contributed by atoms with Crippen LogP contribution in [0, 0.1) is 5.92 Å². The van der Waals surface area contributed by atoms with Gasteiger partial charge in [-0.25, -0.2) is 19.4 Å². The van der Waals surface area contributed by atoms with Crippen LogP contribution in [-0.2, 0) is 23.9 Å². The Labute approximate surface area is 336 Å². The highest BCUT2D eigenvalue weighted by molar-refractivity contribution is 6.04. The third-order valence-corrected chi connectivity index (χ3v) is 10.4. The third kappa shape index (κ3) is 9.45. The van der Waals surface area contributed by atoms with Crippen molar-refractivity contribution in [3.05, 3.63) is 96.4 Å². The summed E-state index contributed by atoms with van der Waals surface area (Å²) in [7, 11) is 2.47. The van der Waals surface area contributed by atoms with Crippen LogP contribution in [0.2, 0.25) is 0 Å². The number of aromatic amines is 1. The number of methoxy groups -OCH3 is 2. The largest absolute Gasteiger partial charge is 0.453 e. The van der Waals surface area contributed by atoms with Crippen molar-refractivity contribution in [3.63, 3.8) is 0 Å². The number of anilines is 1. The summed E-state index contributed by atoms with van der Waals surface area (Å²) in [4.78, 5) is 88.5. The van der Waals surface area contributed by atoms with Crippen molar-refractivity contribution in [2.45, 2.75) is 63.7 Å². The van der Waals surface area contributed by atoms with Crippen LogP contribution in [0.25, 0.3) is 22.4 Å². The van der Waals surface area contributed by atoms with Gasteiger partial charge in [-0.05, 0) is 66.0 Å². The number of H-pyrrole nitrogens is 1. The van der Waals surface area contributed by atoms with E-state index in [9.17, 15) is 28.8 Å². The van der Waals surface area contributed by atoms with E-state index in [2.05, 4.69) is 31.2 Å². The number of imidazole rings is 1. The number of alkyl carbamates (subject to hydrolysis) is 2. The van der Waals surface area contributed by atoms with E-state index in [0.29, 0.717) is 36.5 Å². The predicted molar refractivity (Wildman–Crippen MR) is 214 cm³/mol. The number of carbonyl (C=O) groups excluding carboxylic acids is 6. The molecule has 2 aliphatic rings. The molecule has 16 heteroatoms. The van der Waals surface area contributed by atoms with Gasteiger partial charge in [0.25, 0.3) is 11.8 Å². The zero-order chi connectivity index (χ0) is 41.3. The number of rotatable bonds is 11. The summed E-state index contributed by atoms with van der Waals surface area (Å²) in [5, 5.41) is 10.3. The maximum atomic E-state index is 13.6. The lowest BCUT2D eigenvalue weighted by atomic mass is 10.0. The minimum Gasteiger partial charge on any atom is -0.453 e. The zero-order valence-corrected chi connectivity index (χ0v) is 32.8. The van der Waals surface area contributed by atoms with E-state index in [4.69, 9.17) is 9.47 Å². The second-order valence-corrected chi connectivity index (χ2v) is 14.5. The lowest BCUT2D eigenvalue weighted by Gasteiger charge is -2.30. The maximum Gasteiger partial charge on any atom is 0.407 e. The molecule has 58 heavy (non-hydrogen) atoms. The SMILES string of the molecule is COC(=O)N[C@H](C(=O)N1CCC[C@H]1c1ncc(-c2ccc(-c3ccc(NC(=O)NC(=O)[C@@H]4CCCN4C(=O)[C@H](NC(=O)OC)c4ccccc4)cc3)cc2)[nH]1)C(C)C. The highest BCUT2D eigenvalue weighted by Crippen LogP contribution is 2.33. The summed E-state index contributed by atoms with van der Waals surface area (Å²) in [6, 6.07) is 20.0. The van der Waals surface area contributed by atoms with Crippen LogP contribution >= 0.6 is 0 Å². The van der Waals surface area contributed by atoms with Gasteiger partial charge in [-0.15, -0.1) is 0 Å². The molecule has 0 radical (unpaired) electrons. The normalized spacial score (nSPS) is 17.3. The Morgan fingerprint density at radius 1 is 0.741 bits per heavy atom. The smallest absolute Gasteiger partial charge is 0.407 e. The molecule has 4 atom stereocenters.